The Kier molecular flexibility index (Phi) is 7.70. The van der Waals surface area contributed by atoms with E-state index in [9.17, 15) is 18.4 Å². The van der Waals surface area contributed by atoms with Crippen molar-refractivity contribution in [1.82, 2.24) is 0 Å². The van der Waals surface area contributed by atoms with Crippen LogP contribution in [0.15, 0.2) is 48.5 Å². The average molecular weight is 406 g/mol. The predicted molar refractivity (Wildman–Crippen MR) is 102 cm³/mol. The van der Waals surface area contributed by atoms with Gasteiger partial charge in [0.2, 0.25) is 5.78 Å². The van der Waals surface area contributed by atoms with Crippen LogP contribution in [0, 0.1) is 0 Å². The summed E-state index contributed by atoms with van der Waals surface area (Å²) in [5.74, 6) is -0.320. The molecule has 2 aromatic carbocycles. The lowest BCUT2D eigenvalue weighted by atomic mass is 10.1. The largest absolute Gasteiger partial charge is 0.493 e. The number of Topliss-reactive ketones (excluding diaryl/α,β-unsaturated/α-hetero) is 1. The van der Waals surface area contributed by atoms with Gasteiger partial charge in [-0.05, 0) is 43.3 Å². The number of benzene rings is 2. The summed E-state index contributed by atoms with van der Waals surface area (Å²) in [7, 11) is 2.98. The van der Waals surface area contributed by atoms with Gasteiger partial charge in [-0.2, -0.15) is 8.78 Å². The van der Waals surface area contributed by atoms with Crippen LogP contribution in [-0.2, 0) is 9.53 Å². The smallest absolute Gasteiger partial charge is 0.387 e. The maximum atomic E-state index is 12.3. The normalized spacial score (nSPS) is 11.9. The van der Waals surface area contributed by atoms with Crippen molar-refractivity contribution >= 4 is 17.8 Å². The van der Waals surface area contributed by atoms with Crippen LogP contribution in [0.2, 0.25) is 0 Å². The molecule has 0 spiro atoms. The Labute approximate surface area is 166 Å². The Bertz CT molecular complexity index is 877. The molecule has 0 bridgehead atoms. The molecule has 0 unspecified atom stereocenters. The minimum atomic E-state index is -2.95. The highest BCUT2D eigenvalue weighted by molar-refractivity contribution is 6.01. The number of rotatable bonds is 9. The molecule has 0 heterocycles. The fourth-order valence-electron chi connectivity index (χ4n) is 2.50. The van der Waals surface area contributed by atoms with Crippen LogP contribution in [0.25, 0.3) is 6.08 Å². The van der Waals surface area contributed by atoms with Crippen LogP contribution in [0.4, 0.5) is 8.78 Å². The van der Waals surface area contributed by atoms with E-state index in [0.29, 0.717) is 17.1 Å². The van der Waals surface area contributed by atoms with E-state index in [1.807, 2.05) is 0 Å². The first-order valence-electron chi connectivity index (χ1n) is 8.54. The zero-order valence-electron chi connectivity index (χ0n) is 16.1. The van der Waals surface area contributed by atoms with Gasteiger partial charge in [0.05, 0.1) is 14.2 Å². The number of methoxy groups -OCH3 is 2. The molecule has 0 saturated heterocycles. The van der Waals surface area contributed by atoms with E-state index in [0.717, 1.165) is 0 Å². The number of halogens is 2. The summed E-state index contributed by atoms with van der Waals surface area (Å²) in [6, 6.07) is 10.3. The Morgan fingerprint density at radius 3 is 2.28 bits per heavy atom. The summed E-state index contributed by atoms with van der Waals surface area (Å²) in [4.78, 5) is 24.4. The number of carbonyl (C=O) groups is 2. The fraction of sp³-hybridized carbons (Fsp3) is 0.238. The summed E-state index contributed by atoms with van der Waals surface area (Å²) in [5, 5.41) is 0. The van der Waals surface area contributed by atoms with E-state index in [-0.39, 0.29) is 11.3 Å². The number of ketones is 1. The lowest BCUT2D eigenvalue weighted by Gasteiger charge is -2.12. The van der Waals surface area contributed by atoms with Crippen molar-refractivity contribution in [2.75, 3.05) is 14.2 Å². The minimum absolute atomic E-state index is 0.0728. The molecule has 0 amide bonds. The standard InChI is InChI=1S/C21H20F2O6/c1-13(19(25)14-7-10-16(11-8-14)29-21(22)23)28-18(24)12-9-15-5-4-6-17(26-2)20(15)27-3/h4-13,21H,1-3H3/b12-9+/t13-/m0/s1. The van der Waals surface area contributed by atoms with Crippen molar-refractivity contribution < 1.29 is 37.3 Å². The Morgan fingerprint density at radius 1 is 1.00 bits per heavy atom. The highest BCUT2D eigenvalue weighted by atomic mass is 19.3. The number of ether oxygens (including phenoxy) is 4. The SMILES string of the molecule is COc1cccc(/C=C/C(=O)O[C@@H](C)C(=O)c2ccc(OC(F)F)cc2)c1OC. The maximum Gasteiger partial charge on any atom is 0.387 e. The topological polar surface area (TPSA) is 71.1 Å². The molecule has 0 aliphatic heterocycles. The Balaban J connectivity index is 2.01. The third kappa shape index (κ3) is 6.03. The van der Waals surface area contributed by atoms with Crippen molar-refractivity contribution in [1.29, 1.82) is 0 Å². The monoisotopic (exact) mass is 406 g/mol. The van der Waals surface area contributed by atoms with Gasteiger partial charge in [-0.15, -0.1) is 0 Å². The van der Waals surface area contributed by atoms with Crippen LogP contribution >= 0.6 is 0 Å². The molecule has 6 nitrogen and oxygen atoms in total. The highest BCUT2D eigenvalue weighted by Crippen LogP contribution is 2.31. The summed E-state index contributed by atoms with van der Waals surface area (Å²) >= 11 is 0. The molecule has 1 atom stereocenters. The zero-order chi connectivity index (χ0) is 21.4. The molecule has 8 heteroatoms. The van der Waals surface area contributed by atoms with Crippen LogP contribution in [0.1, 0.15) is 22.8 Å². The van der Waals surface area contributed by atoms with Crippen molar-refractivity contribution in [2.24, 2.45) is 0 Å². The summed E-state index contributed by atoms with van der Waals surface area (Å²) in [5.41, 5.74) is 0.794. The van der Waals surface area contributed by atoms with Gasteiger partial charge in [0, 0.05) is 17.2 Å². The second-order valence-electron chi connectivity index (χ2n) is 5.76. The minimum Gasteiger partial charge on any atom is -0.493 e. The summed E-state index contributed by atoms with van der Waals surface area (Å²) in [6.45, 7) is -1.53. The second-order valence-corrected chi connectivity index (χ2v) is 5.76. The number of alkyl halides is 2. The number of carbonyl (C=O) groups excluding carboxylic acids is 2. The molecular formula is C21H20F2O6. The second kappa shape index (κ2) is 10.2. The van der Waals surface area contributed by atoms with E-state index < -0.39 is 24.5 Å². The van der Waals surface area contributed by atoms with Gasteiger partial charge >= 0.3 is 12.6 Å². The van der Waals surface area contributed by atoms with Crippen molar-refractivity contribution in [2.45, 2.75) is 19.6 Å². The van der Waals surface area contributed by atoms with E-state index >= 15 is 0 Å². The zero-order valence-corrected chi connectivity index (χ0v) is 16.1. The van der Waals surface area contributed by atoms with Gasteiger partial charge in [-0.1, -0.05) is 12.1 Å². The maximum absolute atomic E-state index is 12.3. The molecule has 0 aromatic heterocycles. The molecule has 2 rings (SSSR count). The number of hydrogen-bond acceptors (Lipinski definition) is 6. The van der Waals surface area contributed by atoms with Gasteiger partial charge in [0.1, 0.15) is 5.75 Å². The van der Waals surface area contributed by atoms with Crippen LogP contribution in [0.3, 0.4) is 0 Å². The van der Waals surface area contributed by atoms with Gasteiger partial charge in [-0.3, -0.25) is 4.79 Å². The number of esters is 1. The lowest BCUT2D eigenvalue weighted by molar-refractivity contribution is -0.140. The van der Waals surface area contributed by atoms with Crippen molar-refractivity contribution in [3.8, 4) is 17.2 Å². The summed E-state index contributed by atoms with van der Waals surface area (Å²) < 4.78 is 44.1. The first-order chi connectivity index (χ1) is 13.8. The molecule has 2 aromatic rings. The lowest BCUT2D eigenvalue weighted by Crippen LogP contribution is -2.23. The van der Waals surface area contributed by atoms with Gasteiger partial charge in [-0.25, -0.2) is 4.79 Å². The third-order valence-electron chi connectivity index (χ3n) is 3.86. The molecule has 0 fully saturated rings. The van der Waals surface area contributed by atoms with Crippen LogP contribution in [0.5, 0.6) is 17.2 Å². The van der Waals surface area contributed by atoms with E-state index in [4.69, 9.17) is 14.2 Å². The molecular weight excluding hydrogens is 386 g/mol. The molecule has 0 aliphatic rings. The predicted octanol–water partition coefficient (Wildman–Crippen LogP) is 4.13. The molecule has 0 saturated carbocycles. The van der Waals surface area contributed by atoms with Crippen molar-refractivity contribution in [3.05, 3.63) is 59.7 Å². The first-order valence-corrected chi connectivity index (χ1v) is 8.54. The fourth-order valence-corrected chi connectivity index (χ4v) is 2.50. The quantitative estimate of drug-likeness (QED) is 0.354. The van der Waals surface area contributed by atoms with Gasteiger partial charge in [0.25, 0.3) is 0 Å². The molecule has 29 heavy (non-hydrogen) atoms. The van der Waals surface area contributed by atoms with Crippen LogP contribution in [-0.4, -0.2) is 38.7 Å². The number of hydrogen-bond donors (Lipinski definition) is 0. The summed E-state index contributed by atoms with van der Waals surface area (Å²) in [6.07, 6.45) is 1.58. The van der Waals surface area contributed by atoms with E-state index in [1.54, 1.807) is 18.2 Å². The van der Waals surface area contributed by atoms with Gasteiger partial charge < -0.3 is 18.9 Å². The first kappa shape index (κ1) is 21.9. The number of para-hydroxylation sites is 1. The molecule has 0 radical (unpaired) electrons. The van der Waals surface area contributed by atoms with E-state index in [1.165, 1.54) is 57.6 Å². The van der Waals surface area contributed by atoms with Gasteiger partial charge in [0.15, 0.2) is 17.6 Å². The van der Waals surface area contributed by atoms with Crippen molar-refractivity contribution in [3.63, 3.8) is 0 Å². The third-order valence-corrected chi connectivity index (χ3v) is 3.86. The molecule has 0 N–H and O–H groups in total. The molecule has 0 aliphatic carbocycles. The van der Waals surface area contributed by atoms with E-state index in [2.05, 4.69) is 4.74 Å². The Morgan fingerprint density at radius 2 is 1.69 bits per heavy atom. The Hall–Kier alpha value is -3.42. The average Bonchev–Trinajstić information content (AvgIpc) is 2.71. The van der Waals surface area contributed by atoms with Crippen LogP contribution < -0.4 is 14.2 Å². The highest BCUT2D eigenvalue weighted by Gasteiger charge is 2.19. The molecule has 154 valence electrons.